The van der Waals surface area contributed by atoms with Gasteiger partial charge in [0.15, 0.2) is 18.1 Å². The van der Waals surface area contributed by atoms with Gasteiger partial charge in [0.25, 0.3) is 0 Å². The summed E-state index contributed by atoms with van der Waals surface area (Å²) < 4.78 is 58.8. The lowest BCUT2D eigenvalue weighted by Gasteiger charge is -2.44. The molecule has 0 bridgehead atoms. The summed E-state index contributed by atoms with van der Waals surface area (Å²) in [6.07, 6.45) is 4.84. The van der Waals surface area contributed by atoms with Gasteiger partial charge in [-0.25, -0.2) is 0 Å². The first-order valence-corrected chi connectivity index (χ1v) is 49.9. The van der Waals surface area contributed by atoms with Crippen LogP contribution in [0.4, 0.5) is 0 Å². The Kier molecular flexibility index (Phi) is 21.9. The van der Waals surface area contributed by atoms with E-state index in [0.717, 1.165) is 22.3 Å². The minimum absolute atomic E-state index is 0.243. The molecule has 2 aromatic carbocycles. The molecule has 11 nitrogen and oxygen atoms in total. The second kappa shape index (κ2) is 22.9. The number of phenols is 2. The van der Waals surface area contributed by atoms with Gasteiger partial charge in [-0.2, -0.15) is 0 Å². The van der Waals surface area contributed by atoms with E-state index >= 15 is 0 Å². The summed E-state index contributed by atoms with van der Waals surface area (Å²) in [5.74, 6) is 0.588. The molecular formula is C41H86O11Si10. The summed E-state index contributed by atoms with van der Waals surface area (Å²) in [6.45, 7) is 53.8. The van der Waals surface area contributed by atoms with Crippen LogP contribution in [0.1, 0.15) is 36.1 Å². The van der Waals surface area contributed by atoms with Crippen LogP contribution >= 0.6 is 0 Å². The van der Waals surface area contributed by atoms with Crippen LogP contribution in [0.15, 0.2) is 61.7 Å². The van der Waals surface area contributed by atoms with Gasteiger partial charge in [-0.1, -0.05) is 50.3 Å². The third kappa shape index (κ3) is 22.2. The lowest BCUT2D eigenvalue weighted by Crippen LogP contribution is -2.62. The number of allylic oxidation sites excluding steroid dienone is 2. The normalized spacial score (nSPS) is 13.9. The zero-order valence-electron chi connectivity index (χ0n) is 42.7. The zero-order valence-corrected chi connectivity index (χ0v) is 53.0. The second-order valence-electron chi connectivity index (χ2n) is 20.5. The van der Waals surface area contributed by atoms with Crippen LogP contribution < -0.4 is 0 Å². The van der Waals surface area contributed by atoms with Gasteiger partial charge in [0.1, 0.15) is 11.5 Å². The summed E-state index contributed by atoms with van der Waals surface area (Å²) in [5, 5.41) is 19.9. The molecule has 0 heterocycles. The maximum atomic E-state index is 9.96. The van der Waals surface area contributed by atoms with Crippen molar-refractivity contribution in [1.82, 2.24) is 0 Å². The van der Waals surface area contributed by atoms with E-state index in [1.807, 2.05) is 24.3 Å². The van der Waals surface area contributed by atoms with E-state index in [1.54, 1.807) is 24.3 Å². The Morgan fingerprint density at radius 1 is 0.452 bits per heavy atom. The molecule has 0 aromatic heterocycles. The Labute approximate surface area is 390 Å². The summed E-state index contributed by atoms with van der Waals surface area (Å²) in [7, 11) is -22.2. The van der Waals surface area contributed by atoms with Crippen molar-refractivity contribution in [3.05, 3.63) is 84.0 Å². The molecule has 0 atom stereocenters. The molecule has 0 saturated heterocycles. The average molecular weight is 1040 g/mol. The minimum atomic E-state index is -2.61. The predicted molar refractivity (Wildman–Crippen MR) is 284 cm³/mol. The largest absolute Gasteiger partial charge is 0.508 e. The highest BCUT2D eigenvalue weighted by Gasteiger charge is 2.49. The van der Waals surface area contributed by atoms with Gasteiger partial charge in [0.05, 0.1) is 0 Å². The van der Waals surface area contributed by atoms with E-state index in [-0.39, 0.29) is 5.41 Å². The van der Waals surface area contributed by atoms with Crippen LogP contribution in [0, 0.1) is 0 Å². The van der Waals surface area contributed by atoms with Crippen molar-refractivity contribution in [2.24, 2.45) is 0 Å². The van der Waals surface area contributed by atoms with Gasteiger partial charge < -0.3 is 47.2 Å². The third-order valence-electron chi connectivity index (χ3n) is 8.81. The first kappa shape index (κ1) is 59.3. The van der Waals surface area contributed by atoms with Crippen molar-refractivity contribution in [3.63, 3.8) is 0 Å². The number of rotatable bonds is 24. The monoisotopic (exact) mass is 1030 g/mol. The number of hydrogen-bond acceptors (Lipinski definition) is 11. The molecule has 0 amide bonds. The van der Waals surface area contributed by atoms with E-state index in [0.29, 0.717) is 24.3 Å². The maximum absolute atomic E-state index is 9.96. The van der Waals surface area contributed by atoms with E-state index in [9.17, 15) is 10.2 Å². The van der Waals surface area contributed by atoms with Gasteiger partial charge >= 0.3 is 68.5 Å². The van der Waals surface area contributed by atoms with Crippen molar-refractivity contribution < 1.29 is 47.2 Å². The van der Waals surface area contributed by atoms with Crippen molar-refractivity contribution >= 4 is 86.6 Å². The van der Waals surface area contributed by atoms with Crippen LogP contribution in [0.2, 0.25) is 131 Å². The minimum Gasteiger partial charge on any atom is -0.508 e. The highest BCUT2D eigenvalue weighted by atomic mass is 28.5. The van der Waals surface area contributed by atoms with Crippen molar-refractivity contribution in [1.29, 1.82) is 0 Å². The molecule has 2 N–H and O–H groups in total. The van der Waals surface area contributed by atoms with Gasteiger partial charge in [-0.15, -0.1) is 13.2 Å². The van der Waals surface area contributed by atoms with Crippen LogP contribution in [0.5, 0.6) is 11.5 Å². The van der Waals surface area contributed by atoms with Crippen LogP contribution in [0.25, 0.3) is 0 Å². The average Bonchev–Trinajstić information content (AvgIpc) is 2.97. The van der Waals surface area contributed by atoms with E-state index < -0.39 is 86.6 Å². The van der Waals surface area contributed by atoms with Crippen LogP contribution in [0.3, 0.4) is 0 Å². The fraction of sp³-hybridized carbons (Fsp3) is 0.610. The molecular weight excluding hydrogens is 949 g/mol. The first-order chi connectivity index (χ1) is 27.7. The van der Waals surface area contributed by atoms with E-state index in [1.165, 1.54) is 0 Å². The zero-order chi connectivity index (χ0) is 48.6. The Hall–Kier alpha value is -0.671. The SMILES string of the molecule is C=CCc1cc(C(C)(C)c2ccc(O)c(CC=C)c2)ccc1O.C[SiH](C)O[Si](C)(C)O[Si](C)(C)O[Si](C)(C)O[Si](C)(C)O[Si](C)(C)O[Si](C)(C)O[Si](C)(C)O[Si](C)(C)O[SiH](C)C. The van der Waals surface area contributed by atoms with Crippen molar-refractivity contribution in [2.75, 3.05) is 0 Å². The van der Waals surface area contributed by atoms with Gasteiger partial charge in [-0.05, 0) is 178 Å². The standard InChI is InChI=1S/C21H24O2.C20H62O9Si10/c1-5-7-15-13-17(9-11-19(15)22)21(3,4)18-10-12-20(23)16(14-18)8-6-2;1-30(2)21-32(5,6)23-34(9,10)25-36(13,14)27-38(17,18)29-39(19,20)28-37(15,16)26-35(11,12)24-33(7,8)22-31(3)4/h5-6,9-14,22-23H,1-2,7-8H2,3-4H3;30-31H,1-20H3. The van der Waals surface area contributed by atoms with Gasteiger partial charge in [0, 0.05) is 5.41 Å². The Morgan fingerprint density at radius 2 is 0.677 bits per heavy atom. The Balaban J connectivity index is 0.000000703. The predicted octanol–water partition coefficient (Wildman–Crippen LogP) is 11.6. The number of hydrogen-bond donors (Lipinski definition) is 2. The highest BCUT2D eigenvalue weighted by molar-refractivity contribution is 6.92. The molecule has 2 rings (SSSR count). The summed E-state index contributed by atoms with van der Waals surface area (Å²) in [5.41, 5.74) is 3.73. The molecule has 0 spiro atoms. The molecule has 0 fully saturated rings. The van der Waals surface area contributed by atoms with Gasteiger partial charge in [0.2, 0.25) is 0 Å². The lowest BCUT2D eigenvalue weighted by atomic mass is 9.77. The van der Waals surface area contributed by atoms with Crippen LogP contribution in [-0.4, -0.2) is 96.8 Å². The molecule has 0 saturated carbocycles. The molecule has 0 aliphatic heterocycles. The molecule has 0 aliphatic carbocycles. The summed E-state index contributed by atoms with van der Waals surface area (Å²) in [6, 6.07) is 11.4. The van der Waals surface area contributed by atoms with E-state index in [2.05, 4.69) is 158 Å². The Bertz CT molecular complexity index is 1640. The van der Waals surface area contributed by atoms with Crippen LogP contribution in [-0.2, 0) is 55.3 Å². The van der Waals surface area contributed by atoms with E-state index in [4.69, 9.17) is 37.0 Å². The molecule has 0 radical (unpaired) electrons. The smallest absolute Gasteiger partial charge is 0.314 e. The highest BCUT2D eigenvalue weighted by Crippen LogP contribution is 2.36. The number of aromatic hydroxyl groups is 2. The van der Waals surface area contributed by atoms with Crippen molar-refractivity contribution in [2.45, 2.75) is 163 Å². The molecule has 0 aliphatic rings. The molecule has 21 heteroatoms. The van der Waals surface area contributed by atoms with Crippen molar-refractivity contribution in [3.8, 4) is 11.5 Å². The third-order valence-corrected chi connectivity index (χ3v) is 44.7. The summed E-state index contributed by atoms with van der Waals surface area (Å²) in [4.78, 5) is 0. The maximum Gasteiger partial charge on any atom is 0.314 e. The molecule has 0 unspecified atom stereocenters. The molecule has 62 heavy (non-hydrogen) atoms. The molecule has 2 aromatic rings. The number of benzene rings is 2. The topological polar surface area (TPSA) is 124 Å². The van der Waals surface area contributed by atoms with Gasteiger partial charge in [-0.3, -0.25) is 0 Å². The lowest BCUT2D eigenvalue weighted by molar-refractivity contribution is 0.258. The quantitative estimate of drug-likeness (QED) is 0.0772. The first-order valence-electron chi connectivity index (χ1n) is 21.8. The fourth-order valence-electron chi connectivity index (χ4n) is 8.21. The fourth-order valence-corrected chi connectivity index (χ4v) is 54.9. The second-order valence-corrected chi connectivity index (χ2v) is 54.7. The number of phenolic OH excluding ortho intramolecular Hbond substituents is 2. The Morgan fingerprint density at radius 3 is 0.887 bits per heavy atom. The summed E-state index contributed by atoms with van der Waals surface area (Å²) >= 11 is 0. The molecule has 356 valence electrons.